The Morgan fingerprint density at radius 1 is 0.735 bits per heavy atom. The number of aliphatic hydroxyl groups excluding tert-OH is 1. The van der Waals surface area contributed by atoms with Gasteiger partial charge in [0.25, 0.3) is 0 Å². The first kappa shape index (κ1) is 32.3. The first-order valence-electron chi connectivity index (χ1n) is 11.9. The normalized spacial score (nSPS) is 18.2. The van der Waals surface area contributed by atoms with Crippen LogP contribution in [0.1, 0.15) is 83.1 Å². The Bertz CT molecular complexity index is 668. The van der Waals surface area contributed by atoms with E-state index in [-0.39, 0.29) is 13.1 Å². The number of hydrogen-bond acceptors (Lipinski definition) is 9. The van der Waals surface area contributed by atoms with Gasteiger partial charge in [-0.2, -0.15) is 0 Å². The molecule has 4 unspecified atom stereocenters. The van der Waals surface area contributed by atoms with E-state index in [1.165, 1.54) is 6.92 Å². The highest BCUT2D eigenvalue weighted by atomic mass is 16.6. The summed E-state index contributed by atoms with van der Waals surface area (Å²) in [4.78, 5) is 39.4. The van der Waals surface area contributed by atoms with Gasteiger partial charge in [0.05, 0.1) is 29.4 Å². The minimum atomic E-state index is -1.64. The largest absolute Gasteiger partial charge is 0.460 e. The van der Waals surface area contributed by atoms with Gasteiger partial charge in [-0.15, -0.1) is 0 Å². The van der Waals surface area contributed by atoms with Crippen molar-refractivity contribution >= 4 is 17.9 Å². The molecule has 0 aromatic rings. The SMILES string of the molecule is CC(C(=O)OC(C)(C)C)C(O)C(NCCN)(C(C)C(=O)OC(C)(C)C)C(C)C(=O)OC(C)(C)C. The average Bonchev–Trinajstić information content (AvgIpc) is 2.62. The highest BCUT2D eigenvalue weighted by Crippen LogP contribution is 2.37. The molecule has 0 fully saturated rings. The summed E-state index contributed by atoms with van der Waals surface area (Å²) in [5.74, 6) is -5.13. The van der Waals surface area contributed by atoms with Crippen molar-refractivity contribution in [1.82, 2.24) is 5.32 Å². The third kappa shape index (κ3) is 9.50. The summed E-state index contributed by atoms with van der Waals surface area (Å²) in [7, 11) is 0. The lowest BCUT2D eigenvalue weighted by molar-refractivity contribution is -0.183. The van der Waals surface area contributed by atoms with Crippen LogP contribution in [0.4, 0.5) is 0 Å². The molecule has 0 radical (unpaired) electrons. The number of nitrogens with two attached hydrogens (primary N) is 1. The predicted molar refractivity (Wildman–Crippen MR) is 131 cm³/mol. The smallest absolute Gasteiger partial charge is 0.311 e. The summed E-state index contributed by atoms with van der Waals surface area (Å²) in [6.45, 7) is 20.5. The van der Waals surface area contributed by atoms with Crippen molar-refractivity contribution < 1.29 is 33.7 Å². The molecule has 4 N–H and O–H groups in total. The highest BCUT2D eigenvalue weighted by molar-refractivity contribution is 5.81. The number of hydrogen-bond donors (Lipinski definition) is 3. The zero-order chi connectivity index (χ0) is 27.3. The molecule has 0 amide bonds. The minimum absolute atomic E-state index is 0.164. The Labute approximate surface area is 205 Å². The third-order valence-corrected chi connectivity index (χ3v) is 5.27. The lowest BCUT2D eigenvalue weighted by Crippen LogP contribution is -2.69. The van der Waals surface area contributed by atoms with Gasteiger partial charge in [0, 0.05) is 13.1 Å². The van der Waals surface area contributed by atoms with Gasteiger partial charge in [-0.3, -0.25) is 14.4 Å². The Morgan fingerprint density at radius 2 is 1.06 bits per heavy atom. The van der Waals surface area contributed by atoms with Crippen LogP contribution >= 0.6 is 0 Å². The van der Waals surface area contributed by atoms with Crippen LogP contribution in [0.2, 0.25) is 0 Å². The Balaban J connectivity index is 6.70. The van der Waals surface area contributed by atoms with Gasteiger partial charge in [-0.05, 0) is 83.1 Å². The third-order valence-electron chi connectivity index (χ3n) is 5.27. The van der Waals surface area contributed by atoms with E-state index in [2.05, 4.69) is 5.32 Å². The summed E-state index contributed by atoms with van der Waals surface area (Å²) in [6.07, 6.45) is -1.51. The lowest BCUT2D eigenvalue weighted by atomic mass is 9.67. The van der Waals surface area contributed by atoms with Gasteiger partial charge >= 0.3 is 17.9 Å². The second kappa shape index (κ2) is 11.8. The molecular weight excluding hydrogens is 440 g/mol. The maximum absolute atomic E-state index is 13.2. The molecule has 0 aromatic carbocycles. The fraction of sp³-hybridized carbons (Fsp3) is 0.880. The molecule has 34 heavy (non-hydrogen) atoms. The zero-order valence-electron chi connectivity index (χ0n) is 23.2. The van der Waals surface area contributed by atoms with E-state index < -0.39 is 64.1 Å². The van der Waals surface area contributed by atoms with Crippen molar-refractivity contribution in [2.24, 2.45) is 23.5 Å². The number of aliphatic hydroxyl groups is 1. The van der Waals surface area contributed by atoms with Crippen molar-refractivity contribution in [1.29, 1.82) is 0 Å². The van der Waals surface area contributed by atoms with E-state index in [1.54, 1.807) is 76.2 Å². The maximum Gasteiger partial charge on any atom is 0.311 e. The van der Waals surface area contributed by atoms with Crippen LogP contribution in [0.3, 0.4) is 0 Å². The number of carbonyl (C=O) groups excluding carboxylic acids is 3. The van der Waals surface area contributed by atoms with Gasteiger partial charge in [0.15, 0.2) is 0 Å². The number of ether oxygens (including phenoxy) is 3. The standard InChI is InChI=1S/C25H48N2O7/c1-15(19(29)32-22(4,5)6)18(28)25(27-14-13-26,16(2)20(30)33-23(7,8)9)17(3)21(31)34-24(10,11)12/h15-18,27-28H,13-14,26H2,1-12H3. The van der Waals surface area contributed by atoms with Crippen LogP contribution in [-0.2, 0) is 28.6 Å². The molecule has 0 spiro atoms. The monoisotopic (exact) mass is 488 g/mol. The van der Waals surface area contributed by atoms with Crippen molar-refractivity contribution in [3.8, 4) is 0 Å². The molecule has 0 aliphatic rings. The minimum Gasteiger partial charge on any atom is -0.460 e. The second-order valence-corrected chi connectivity index (χ2v) is 11.9. The molecule has 0 rings (SSSR count). The van der Waals surface area contributed by atoms with Crippen LogP contribution in [0, 0.1) is 17.8 Å². The van der Waals surface area contributed by atoms with E-state index in [0.717, 1.165) is 0 Å². The van der Waals surface area contributed by atoms with E-state index in [1.807, 2.05) is 0 Å². The topological polar surface area (TPSA) is 137 Å². The van der Waals surface area contributed by atoms with Gasteiger partial charge in [0.2, 0.25) is 0 Å². The quantitative estimate of drug-likeness (QED) is 0.313. The number of nitrogens with one attached hydrogen (secondary N) is 1. The first-order valence-corrected chi connectivity index (χ1v) is 11.9. The van der Waals surface area contributed by atoms with Crippen LogP contribution in [0.15, 0.2) is 0 Å². The zero-order valence-corrected chi connectivity index (χ0v) is 23.2. The molecule has 0 bridgehead atoms. The fourth-order valence-electron chi connectivity index (χ4n) is 3.69. The van der Waals surface area contributed by atoms with Gasteiger partial charge in [-0.1, -0.05) is 0 Å². The van der Waals surface area contributed by atoms with Crippen LogP contribution in [0.25, 0.3) is 0 Å². The summed E-state index contributed by atoms with van der Waals surface area (Å²) >= 11 is 0. The van der Waals surface area contributed by atoms with E-state index in [9.17, 15) is 19.5 Å². The van der Waals surface area contributed by atoms with Crippen molar-refractivity contribution in [2.45, 2.75) is 112 Å². The first-order chi connectivity index (χ1) is 15.1. The number of carbonyl (C=O) groups is 3. The Hall–Kier alpha value is -1.71. The van der Waals surface area contributed by atoms with Crippen LogP contribution in [0.5, 0.6) is 0 Å². The molecular formula is C25H48N2O7. The van der Waals surface area contributed by atoms with Crippen molar-refractivity contribution in [3.63, 3.8) is 0 Å². The maximum atomic E-state index is 13.2. The Kier molecular flexibility index (Phi) is 11.2. The van der Waals surface area contributed by atoms with E-state index in [0.29, 0.717) is 0 Å². The summed E-state index contributed by atoms with van der Waals surface area (Å²) in [5.41, 5.74) is 1.71. The molecule has 4 atom stereocenters. The summed E-state index contributed by atoms with van der Waals surface area (Å²) in [5, 5.41) is 14.8. The molecule has 9 heteroatoms. The lowest BCUT2D eigenvalue weighted by Gasteiger charge is -2.48. The van der Waals surface area contributed by atoms with Crippen molar-refractivity contribution in [3.05, 3.63) is 0 Å². The molecule has 0 aliphatic carbocycles. The molecule has 0 heterocycles. The van der Waals surface area contributed by atoms with E-state index >= 15 is 0 Å². The highest BCUT2D eigenvalue weighted by Gasteiger charge is 2.56. The molecule has 9 nitrogen and oxygen atoms in total. The molecule has 0 saturated carbocycles. The molecule has 200 valence electrons. The van der Waals surface area contributed by atoms with Gasteiger partial charge in [0.1, 0.15) is 16.8 Å². The van der Waals surface area contributed by atoms with Gasteiger partial charge in [-0.25, -0.2) is 0 Å². The predicted octanol–water partition coefficient (Wildman–Crippen LogP) is 2.57. The van der Waals surface area contributed by atoms with Crippen LogP contribution < -0.4 is 11.1 Å². The second-order valence-electron chi connectivity index (χ2n) is 11.9. The van der Waals surface area contributed by atoms with E-state index in [4.69, 9.17) is 19.9 Å². The molecule has 0 saturated heterocycles. The van der Waals surface area contributed by atoms with Crippen LogP contribution in [-0.4, -0.2) is 64.6 Å². The molecule has 0 aliphatic heterocycles. The van der Waals surface area contributed by atoms with Crippen molar-refractivity contribution in [2.75, 3.05) is 13.1 Å². The average molecular weight is 489 g/mol. The number of esters is 3. The Morgan fingerprint density at radius 3 is 1.35 bits per heavy atom. The summed E-state index contributed by atoms with van der Waals surface area (Å²) < 4.78 is 16.7. The molecule has 0 aromatic heterocycles. The number of rotatable bonds is 10. The fourth-order valence-corrected chi connectivity index (χ4v) is 3.69. The summed E-state index contributed by atoms with van der Waals surface area (Å²) in [6, 6.07) is 0. The van der Waals surface area contributed by atoms with Gasteiger partial charge < -0.3 is 30.4 Å².